The largest absolute Gasteiger partial charge is 0.352 e. The summed E-state index contributed by atoms with van der Waals surface area (Å²) in [4.78, 5) is 29.2. The van der Waals surface area contributed by atoms with Crippen LogP contribution in [-0.2, 0) is 26.2 Å². The number of aryl methyl sites for hydroxylation is 2. The van der Waals surface area contributed by atoms with Gasteiger partial charge in [-0.1, -0.05) is 73.5 Å². The molecule has 0 spiro atoms. The normalized spacial score (nSPS) is 12.9. The van der Waals surface area contributed by atoms with E-state index < -0.39 is 28.5 Å². The summed E-state index contributed by atoms with van der Waals surface area (Å²) in [7, 11) is -4.14. The summed E-state index contributed by atoms with van der Waals surface area (Å²) in [6.07, 6.45) is 1.07. The molecule has 41 heavy (non-hydrogen) atoms. The lowest BCUT2D eigenvalue weighted by Gasteiger charge is -2.34. The maximum absolute atomic E-state index is 14.2. The number of benzene rings is 3. The number of carbonyl (C=O) groups excluding carboxylic acids is 2. The zero-order chi connectivity index (χ0) is 30.3. The average molecular weight is 598 g/mol. The minimum Gasteiger partial charge on any atom is -0.352 e. The van der Waals surface area contributed by atoms with Crippen LogP contribution in [0.25, 0.3) is 0 Å². The van der Waals surface area contributed by atoms with E-state index in [0.29, 0.717) is 22.7 Å². The fraction of sp³-hybridized carbons (Fsp3) is 0.375. The average Bonchev–Trinajstić information content (AvgIpc) is 2.94. The molecule has 0 heterocycles. The molecule has 2 amide bonds. The van der Waals surface area contributed by atoms with E-state index in [4.69, 9.17) is 11.6 Å². The van der Waals surface area contributed by atoms with Crippen LogP contribution in [0.15, 0.2) is 71.6 Å². The molecule has 3 aromatic rings. The van der Waals surface area contributed by atoms with E-state index in [1.165, 1.54) is 4.90 Å². The summed E-state index contributed by atoms with van der Waals surface area (Å²) in [5.41, 5.74) is 3.63. The molecule has 0 aliphatic heterocycles. The Bertz CT molecular complexity index is 1470. The monoisotopic (exact) mass is 597 g/mol. The van der Waals surface area contributed by atoms with E-state index >= 15 is 0 Å². The van der Waals surface area contributed by atoms with Crippen LogP contribution in [0.3, 0.4) is 0 Å². The first-order chi connectivity index (χ1) is 19.4. The van der Waals surface area contributed by atoms with Crippen molar-refractivity contribution in [2.75, 3.05) is 10.8 Å². The molecule has 0 aromatic heterocycles. The number of amides is 2. The molecular weight excluding hydrogens is 558 g/mol. The van der Waals surface area contributed by atoms with Crippen LogP contribution < -0.4 is 9.62 Å². The Hall–Kier alpha value is -3.36. The molecule has 0 saturated carbocycles. The second-order valence-electron chi connectivity index (χ2n) is 10.4. The Balaban J connectivity index is 2.11. The van der Waals surface area contributed by atoms with Gasteiger partial charge in [-0.25, -0.2) is 8.42 Å². The van der Waals surface area contributed by atoms with Crippen LogP contribution in [0.2, 0.25) is 5.02 Å². The summed E-state index contributed by atoms with van der Waals surface area (Å²) in [6, 6.07) is 18.1. The molecule has 2 atom stereocenters. The summed E-state index contributed by atoms with van der Waals surface area (Å²) >= 11 is 6.47. The van der Waals surface area contributed by atoms with Crippen molar-refractivity contribution in [2.24, 2.45) is 0 Å². The highest BCUT2D eigenvalue weighted by Crippen LogP contribution is 2.30. The van der Waals surface area contributed by atoms with Gasteiger partial charge < -0.3 is 10.2 Å². The Morgan fingerprint density at radius 3 is 2.17 bits per heavy atom. The molecule has 7 nitrogen and oxygen atoms in total. The van der Waals surface area contributed by atoms with E-state index in [1.807, 2.05) is 53.7 Å². The third kappa shape index (κ3) is 7.68. The molecule has 0 aliphatic carbocycles. The second-order valence-corrected chi connectivity index (χ2v) is 12.7. The smallest absolute Gasteiger partial charge is 0.264 e. The maximum Gasteiger partial charge on any atom is 0.264 e. The molecule has 220 valence electrons. The van der Waals surface area contributed by atoms with Crippen molar-refractivity contribution in [1.29, 1.82) is 0 Å². The molecular formula is C32H40ClN3O4S. The van der Waals surface area contributed by atoms with Gasteiger partial charge in [0, 0.05) is 17.6 Å². The van der Waals surface area contributed by atoms with E-state index in [2.05, 4.69) is 5.32 Å². The van der Waals surface area contributed by atoms with Crippen molar-refractivity contribution in [2.45, 2.75) is 77.9 Å². The predicted molar refractivity (Wildman–Crippen MR) is 166 cm³/mol. The molecule has 0 radical (unpaired) electrons. The molecule has 0 bridgehead atoms. The third-order valence-electron chi connectivity index (χ3n) is 7.42. The first kappa shape index (κ1) is 32.2. The summed E-state index contributed by atoms with van der Waals surface area (Å²) in [5, 5.41) is 3.44. The molecule has 0 fully saturated rings. The quantitative estimate of drug-likeness (QED) is 0.270. The van der Waals surface area contributed by atoms with E-state index in [-0.39, 0.29) is 23.4 Å². The van der Waals surface area contributed by atoms with Gasteiger partial charge in [0.15, 0.2) is 0 Å². The topological polar surface area (TPSA) is 86.8 Å². The lowest BCUT2D eigenvalue weighted by atomic mass is 10.1. The predicted octanol–water partition coefficient (Wildman–Crippen LogP) is 6.18. The number of hydrogen-bond acceptors (Lipinski definition) is 4. The zero-order valence-corrected chi connectivity index (χ0v) is 26.2. The van der Waals surface area contributed by atoms with Crippen molar-refractivity contribution < 1.29 is 18.0 Å². The molecule has 3 rings (SSSR count). The van der Waals surface area contributed by atoms with Gasteiger partial charge in [0.25, 0.3) is 10.0 Å². The zero-order valence-electron chi connectivity index (χ0n) is 24.6. The minimum absolute atomic E-state index is 0.0517. The van der Waals surface area contributed by atoms with Gasteiger partial charge in [0.1, 0.15) is 12.6 Å². The van der Waals surface area contributed by atoms with Crippen LogP contribution in [0.4, 0.5) is 5.69 Å². The van der Waals surface area contributed by atoms with Crippen LogP contribution in [0.1, 0.15) is 55.9 Å². The van der Waals surface area contributed by atoms with Gasteiger partial charge in [-0.3, -0.25) is 13.9 Å². The molecule has 0 saturated heterocycles. The Kier molecular flexibility index (Phi) is 11.0. The van der Waals surface area contributed by atoms with Crippen molar-refractivity contribution in [3.63, 3.8) is 0 Å². The highest BCUT2D eigenvalue weighted by Gasteiger charge is 2.34. The van der Waals surface area contributed by atoms with Crippen LogP contribution >= 0.6 is 11.6 Å². The maximum atomic E-state index is 14.2. The van der Waals surface area contributed by atoms with Gasteiger partial charge in [-0.2, -0.15) is 0 Å². The standard InChI is InChI=1S/C32H40ClN3O4S/c1-7-24(5)34-32(38)29(8-2)35(20-26-13-9-10-14-28(26)33)31(37)21-36(30-15-11-12-23(4)25(30)6)41(39,40)27-18-16-22(3)17-19-27/h9-19,24,29H,7-8,20-21H2,1-6H3,(H,34,38). The summed E-state index contributed by atoms with van der Waals surface area (Å²) in [6.45, 7) is 10.9. The number of halogens is 1. The van der Waals surface area contributed by atoms with E-state index in [0.717, 1.165) is 27.4 Å². The number of anilines is 1. The highest BCUT2D eigenvalue weighted by molar-refractivity contribution is 7.92. The van der Waals surface area contributed by atoms with Crippen molar-refractivity contribution in [1.82, 2.24) is 10.2 Å². The number of nitrogens with zero attached hydrogens (tertiary/aromatic N) is 2. The fourth-order valence-corrected chi connectivity index (χ4v) is 6.19. The molecule has 1 N–H and O–H groups in total. The first-order valence-corrected chi connectivity index (χ1v) is 15.7. The Labute approximate surface area is 249 Å². The van der Waals surface area contributed by atoms with Gasteiger partial charge >= 0.3 is 0 Å². The first-order valence-electron chi connectivity index (χ1n) is 13.9. The molecule has 0 aliphatic rings. The Morgan fingerprint density at radius 1 is 0.902 bits per heavy atom. The number of carbonyl (C=O) groups is 2. The lowest BCUT2D eigenvalue weighted by molar-refractivity contribution is -0.140. The highest BCUT2D eigenvalue weighted by atomic mass is 35.5. The summed E-state index contributed by atoms with van der Waals surface area (Å²) in [5.74, 6) is -0.797. The van der Waals surface area contributed by atoms with Gasteiger partial charge in [0.05, 0.1) is 10.6 Å². The lowest BCUT2D eigenvalue weighted by Crippen LogP contribution is -2.53. The van der Waals surface area contributed by atoms with Crippen LogP contribution in [-0.4, -0.2) is 43.8 Å². The fourth-order valence-electron chi connectivity index (χ4n) is 4.53. The second kappa shape index (κ2) is 14.0. The van der Waals surface area contributed by atoms with Gasteiger partial charge in [-0.15, -0.1) is 0 Å². The SMILES string of the molecule is CCC(C)NC(=O)C(CC)N(Cc1ccccc1Cl)C(=O)CN(c1cccc(C)c1C)S(=O)(=O)c1ccc(C)cc1. The van der Waals surface area contributed by atoms with Crippen molar-refractivity contribution in [3.05, 3.63) is 94.0 Å². The van der Waals surface area contributed by atoms with Crippen molar-refractivity contribution in [3.8, 4) is 0 Å². The van der Waals surface area contributed by atoms with Crippen molar-refractivity contribution >= 4 is 39.1 Å². The number of sulfonamides is 1. The van der Waals surface area contributed by atoms with Crippen LogP contribution in [0, 0.1) is 20.8 Å². The molecule has 3 aromatic carbocycles. The third-order valence-corrected chi connectivity index (χ3v) is 9.56. The Morgan fingerprint density at radius 2 is 1.56 bits per heavy atom. The van der Waals surface area contributed by atoms with E-state index in [1.54, 1.807) is 54.6 Å². The van der Waals surface area contributed by atoms with E-state index in [9.17, 15) is 18.0 Å². The van der Waals surface area contributed by atoms with Crippen LogP contribution in [0.5, 0.6) is 0 Å². The number of hydrogen-bond donors (Lipinski definition) is 1. The van der Waals surface area contributed by atoms with Gasteiger partial charge in [0.2, 0.25) is 11.8 Å². The summed E-state index contributed by atoms with van der Waals surface area (Å²) < 4.78 is 29.3. The molecule has 2 unspecified atom stereocenters. The minimum atomic E-state index is -4.14. The number of nitrogens with one attached hydrogen (secondary N) is 1. The number of rotatable bonds is 12. The van der Waals surface area contributed by atoms with Gasteiger partial charge in [-0.05, 0) is 81.5 Å². The molecule has 9 heteroatoms.